The molecule has 2 atom stereocenters. The molecule has 186 valence electrons. The SMILES string of the molecule is COc1ccc(CNc2ccc3c(c2)C(OC(C)C)C(OCc2cccc(F)c2)C(C)(C)O3)cc1. The maximum Gasteiger partial charge on any atom is 0.132 e. The van der Waals surface area contributed by atoms with Crippen LogP contribution >= 0.6 is 0 Å². The fourth-order valence-electron chi connectivity index (χ4n) is 4.33. The number of fused-ring (bicyclic) bond motifs is 1. The molecule has 0 fully saturated rings. The van der Waals surface area contributed by atoms with Crippen molar-refractivity contribution in [1.82, 2.24) is 0 Å². The van der Waals surface area contributed by atoms with Gasteiger partial charge in [0, 0.05) is 17.8 Å². The maximum atomic E-state index is 13.7. The molecular formula is C29H34FNO4. The van der Waals surface area contributed by atoms with Crippen molar-refractivity contribution in [2.75, 3.05) is 12.4 Å². The van der Waals surface area contributed by atoms with E-state index in [4.69, 9.17) is 18.9 Å². The number of rotatable bonds is 9. The molecule has 0 aromatic heterocycles. The number of benzene rings is 3. The number of nitrogens with one attached hydrogen (secondary N) is 1. The third-order valence-electron chi connectivity index (χ3n) is 6.04. The summed E-state index contributed by atoms with van der Waals surface area (Å²) in [5.74, 6) is 1.33. The second-order valence-corrected chi connectivity index (χ2v) is 9.63. The molecule has 4 rings (SSSR count). The predicted molar refractivity (Wildman–Crippen MR) is 135 cm³/mol. The third kappa shape index (κ3) is 6.13. The van der Waals surface area contributed by atoms with Gasteiger partial charge in [0.25, 0.3) is 0 Å². The molecule has 35 heavy (non-hydrogen) atoms. The lowest BCUT2D eigenvalue weighted by atomic mass is 9.87. The van der Waals surface area contributed by atoms with E-state index in [0.29, 0.717) is 6.54 Å². The fourth-order valence-corrected chi connectivity index (χ4v) is 4.33. The lowest BCUT2D eigenvalue weighted by Crippen LogP contribution is -2.51. The highest BCUT2D eigenvalue weighted by molar-refractivity contribution is 5.54. The molecule has 2 unspecified atom stereocenters. The molecule has 0 saturated heterocycles. The number of methoxy groups -OCH3 is 1. The molecule has 0 saturated carbocycles. The number of halogens is 1. The van der Waals surface area contributed by atoms with Gasteiger partial charge in [0.2, 0.25) is 0 Å². The fraction of sp³-hybridized carbons (Fsp3) is 0.379. The highest BCUT2D eigenvalue weighted by atomic mass is 19.1. The van der Waals surface area contributed by atoms with Crippen LogP contribution in [0.5, 0.6) is 11.5 Å². The van der Waals surface area contributed by atoms with Crippen LogP contribution in [0.3, 0.4) is 0 Å². The van der Waals surface area contributed by atoms with Crippen molar-refractivity contribution in [3.05, 3.63) is 89.2 Å². The van der Waals surface area contributed by atoms with E-state index in [1.807, 2.05) is 70.2 Å². The van der Waals surface area contributed by atoms with Gasteiger partial charge in [-0.2, -0.15) is 0 Å². The Morgan fingerprint density at radius 2 is 1.77 bits per heavy atom. The van der Waals surface area contributed by atoms with Crippen LogP contribution in [0.4, 0.5) is 10.1 Å². The van der Waals surface area contributed by atoms with Crippen LogP contribution in [0.1, 0.15) is 50.5 Å². The van der Waals surface area contributed by atoms with Crippen molar-refractivity contribution in [3.63, 3.8) is 0 Å². The van der Waals surface area contributed by atoms with Crippen LogP contribution in [0.15, 0.2) is 66.7 Å². The summed E-state index contributed by atoms with van der Waals surface area (Å²) < 4.78 is 38.1. The molecule has 1 aliphatic heterocycles. The van der Waals surface area contributed by atoms with Crippen LogP contribution in [0.25, 0.3) is 0 Å². The highest BCUT2D eigenvalue weighted by Gasteiger charge is 2.46. The zero-order chi connectivity index (χ0) is 25.0. The number of hydrogen-bond donors (Lipinski definition) is 1. The third-order valence-corrected chi connectivity index (χ3v) is 6.04. The first kappa shape index (κ1) is 25.0. The average Bonchev–Trinajstić information content (AvgIpc) is 2.82. The average molecular weight is 480 g/mol. The molecule has 3 aromatic carbocycles. The van der Waals surface area contributed by atoms with Crippen LogP contribution in [-0.2, 0) is 22.6 Å². The van der Waals surface area contributed by atoms with Crippen LogP contribution < -0.4 is 14.8 Å². The Balaban J connectivity index is 1.56. The van der Waals surface area contributed by atoms with Crippen molar-refractivity contribution in [3.8, 4) is 11.5 Å². The first-order valence-electron chi connectivity index (χ1n) is 12.0. The van der Waals surface area contributed by atoms with Gasteiger partial charge in [0.05, 0.1) is 19.8 Å². The standard InChI is InChI=1S/C29H34FNO4/c1-19(2)34-27-25-16-23(31-17-20-9-12-24(32-5)13-10-20)11-14-26(25)35-29(3,4)28(27)33-18-21-7-6-8-22(30)15-21/h6-16,19,27-28,31H,17-18H2,1-5H3. The second kappa shape index (κ2) is 10.7. The Kier molecular flexibility index (Phi) is 7.63. The van der Waals surface area contributed by atoms with Gasteiger partial charge >= 0.3 is 0 Å². The zero-order valence-electron chi connectivity index (χ0n) is 21.0. The van der Waals surface area contributed by atoms with Crippen LogP contribution in [0, 0.1) is 5.82 Å². The Bertz CT molecular complexity index is 1130. The van der Waals surface area contributed by atoms with Gasteiger partial charge in [0.1, 0.15) is 35.1 Å². The van der Waals surface area contributed by atoms with Gasteiger partial charge in [-0.25, -0.2) is 4.39 Å². The molecular weight excluding hydrogens is 445 g/mol. The molecule has 6 heteroatoms. The molecule has 0 amide bonds. The first-order chi connectivity index (χ1) is 16.7. The molecule has 0 radical (unpaired) electrons. The molecule has 0 aliphatic carbocycles. The van der Waals surface area contributed by atoms with Crippen molar-refractivity contribution >= 4 is 5.69 Å². The van der Waals surface area contributed by atoms with Crippen molar-refractivity contribution < 1.29 is 23.3 Å². The van der Waals surface area contributed by atoms with E-state index in [0.717, 1.165) is 33.9 Å². The Hall–Kier alpha value is -3.09. The number of hydrogen-bond acceptors (Lipinski definition) is 5. The topological polar surface area (TPSA) is 49.0 Å². The predicted octanol–water partition coefficient (Wildman–Crippen LogP) is 6.67. The van der Waals surface area contributed by atoms with E-state index < -0.39 is 11.7 Å². The molecule has 1 heterocycles. The summed E-state index contributed by atoms with van der Waals surface area (Å²) in [5, 5.41) is 3.49. The summed E-state index contributed by atoms with van der Waals surface area (Å²) in [5.41, 5.74) is 3.17. The lowest BCUT2D eigenvalue weighted by Gasteiger charge is -2.45. The zero-order valence-corrected chi connectivity index (χ0v) is 21.0. The Labute approximate surface area is 207 Å². The van der Waals surface area contributed by atoms with Crippen molar-refractivity contribution in [1.29, 1.82) is 0 Å². The summed E-state index contributed by atoms with van der Waals surface area (Å²) >= 11 is 0. The normalized spacial score (nSPS) is 18.6. The van der Waals surface area contributed by atoms with E-state index >= 15 is 0 Å². The van der Waals surface area contributed by atoms with Gasteiger partial charge in [-0.15, -0.1) is 0 Å². The quantitative estimate of drug-likeness (QED) is 0.371. The summed E-state index contributed by atoms with van der Waals surface area (Å²) in [6.45, 7) is 8.95. The van der Waals surface area contributed by atoms with E-state index in [1.54, 1.807) is 13.2 Å². The molecule has 0 spiro atoms. The minimum absolute atomic E-state index is 0.0158. The monoisotopic (exact) mass is 479 g/mol. The van der Waals surface area contributed by atoms with Crippen molar-refractivity contribution in [2.24, 2.45) is 0 Å². The van der Waals surface area contributed by atoms with Gasteiger partial charge < -0.3 is 24.3 Å². The number of anilines is 1. The Morgan fingerprint density at radius 1 is 1.00 bits per heavy atom. The van der Waals surface area contributed by atoms with Gasteiger partial charge in [-0.1, -0.05) is 24.3 Å². The summed E-state index contributed by atoms with van der Waals surface area (Å²) in [7, 11) is 1.66. The van der Waals surface area contributed by atoms with Crippen LogP contribution in [0.2, 0.25) is 0 Å². The molecule has 1 N–H and O–H groups in total. The summed E-state index contributed by atoms with van der Waals surface area (Å²) in [6, 6.07) is 20.5. The van der Waals surface area contributed by atoms with E-state index in [2.05, 4.69) is 11.4 Å². The lowest BCUT2D eigenvalue weighted by molar-refractivity contribution is -0.177. The van der Waals surface area contributed by atoms with Gasteiger partial charge in [-0.05, 0) is 81.3 Å². The molecule has 3 aromatic rings. The number of ether oxygens (including phenoxy) is 4. The molecule has 0 bridgehead atoms. The minimum Gasteiger partial charge on any atom is -0.497 e. The molecule has 5 nitrogen and oxygen atoms in total. The van der Waals surface area contributed by atoms with E-state index in [9.17, 15) is 4.39 Å². The van der Waals surface area contributed by atoms with Gasteiger partial charge in [0.15, 0.2) is 0 Å². The maximum absolute atomic E-state index is 13.7. The minimum atomic E-state index is -0.641. The molecule has 1 aliphatic rings. The largest absolute Gasteiger partial charge is 0.497 e. The summed E-state index contributed by atoms with van der Waals surface area (Å²) in [6.07, 6.45) is -0.750. The van der Waals surface area contributed by atoms with E-state index in [-0.39, 0.29) is 24.6 Å². The summed E-state index contributed by atoms with van der Waals surface area (Å²) in [4.78, 5) is 0. The Morgan fingerprint density at radius 3 is 2.46 bits per heavy atom. The second-order valence-electron chi connectivity index (χ2n) is 9.63. The first-order valence-corrected chi connectivity index (χ1v) is 12.0. The highest BCUT2D eigenvalue weighted by Crippen LogP contribution is 2.45. The van der Waals surface area contributed by atoms with E-state index in [1.165, 1.54) is 12.1 Å². The smallest absolute Gasteiger partial charge is 0.132 e. The van der Waals surface area contributed by atoms with Crippen molar-refractivity contribution in [2.45, 2.75) is 64.8 Å². The van der Waals surface area contributed by atoms with Gasteiger partial charge in [-0.3, -0.25) is 0 Å². The van der Waals surface area contributed by atoms with Crippen LogP contribution in [-0.4, -0.2) is 24.9 Å².